The average Bonchev–Trinajstić information content (AvgIpc) is 2.66. The number of rotatable bonds is 4. The van der Waals surface area contributed by atoms with E-state index in [0.29, 0.717) is 0 Å². The molecule has 5 nitrogen and oxygen atoms in total. The lowest BCUT2D eigenvalue weighted by Crippen LogP contribution is -2.37. The van der Waals surface area contributed by atoms with Crippen LogP contribution in [0.3, 0.4) is 0 Å². The predicted molar refractivity (Wildman–Crippen MR) is 105 cm³/mol. The maximum Gasteiger partial charge on any atom is 0.157 e. The molecule has 0 unspecified atom stereocenters. The summed E-state index contributed by atoms with van der Waals surface area (Å²) in [6.45, 7) is 4.63. The van der Waals surface area contributed by atoms with Crippen molar-refractivity contribution in [1.29, 1.82) is 0 Å². The van der Waals surface area contributed by atoms with E-state index in [2.05, 4.69) is 16.0 Å². The Balaban J connectivity index is 1.39. The maximum absolute atomic E-state index is 9.65. The van der Waals surface area contributed by atoms with Gasteiger partial charge in [0.25, 0.3) is 0 Å². The van der Waals surface area contributed by atoms with Crippen LogP contribution in [0.2, 0.25) is 0 Å². The summed E-state index contributed by atoms with van der Waals surface area (Å²) in [5.74, 6) is 0.774. The van der Waals surface area contributed by atoms with E-state index in [0.717, 1.165) is 60.4 Å². The van der Waals surface area contributed by atoms with E-state index in [9.17, 15) is 10.2 Å². The monoisotopic (exact) mass is 364 g/mol. The van der Waals surface area contributed by atoms with Gasteiger partial charge in [-0.05, 0) is 49.6 Å². The highest BCUT2D eigenvalue weighted by molar-refractivity contribution is 5.85. The first-order valence-electron chi connectivity index (χ1n) is 9.35. The van der Waals surface area contributed by atoms with Crippen molar-refractivity contribution in [1.82, 2.24) is 9.88 Å². The van der Waals surface area contributed by atoms with Gasteiger partial charge in [0, 0.05) is 36.8 Å². The lowest BCUT2D eigenvalue weighted by Gasteiger charge is -2.32. The van der Waals surface area contributed by atoms with Crippen LogP contribution in [-0.4, -0.2) is 39.3 Å². The van der Waals surface area contributed by atoms with E-state index < -0.39 is 0 Å². The minimum Gasteiger partial charge on any atom is -0.504 e. The van der Waals surface area contributed by atoms with Crippen molar-refractivity contribution in [2.45, 2.75) is 32.4 Å². The molecule has 0 atom stereocenters. The molecule has 2 N–H and O–H groups in total. The fourth-order valence-corrected chi connectivity index (χ4v) is 3.66. The van der Waals surface area contributed by atoms with Crippen molar-refractivity contribution in [3.63, 3.8) is 0 Å². The molecule has 0 amide bonds. The SMILES string of the molecule is Cc1cc(OC2CCN(Cc3ccc(O)c(O)c3)CC2)c2ccccc2n1. The number of ether oxygens (including phenoxy) is 1. The van der Waals surface area contributed by atoms with Crippen LogP contribution in [-0.2, 0) is 6.54 Å². The van der Waals surface area contributed by atoms with Gasteiger partial charge in [-0.15, -0.1) is 0 Å². The third kappa shape index (κ3) is 3.98. The van der Waals surface area contributed by atoms with Crippen molar-refractivity contribution in [3.05, 3.63) is 59.8 Å². The van der Waals surface area contributed by atoms with Crippen LogP contribution in [0.5, 0.6) is 17.2 Å². The zero-order valence-corrected chi connectivity index (χ0v) is 15.4. The number of hydrogen-bond acceptors (Lipinski definition) is 5. The molecule has 0 radical (unpaired) electrons. The average molecular weight is 364 g/mol. The number of aromatic hydroxyl groups is 2. The number of piperidine rings is 1. The summed E-state index contributed by atoms with van der Waals surface area (Å²) >= 11 is 0. The van der Waals surface area contributed by atoms with E-state index in [4.69, 9.17) is 4.74 Å². The second-order valence-corrected chi connectivity index (χ2v) is 7.20. The molecular formula is C22H24N2O3. The molecule has 4 rings (SSSR count). The smallest absolute Gasteiger partial charge is 0.157 e. The van der Waals surface area contributed by atoms with E-state index in [-0.39, 0.29) is 17.6 Å². The molecule has 1 aliphatic heterocycles. The number of nitrogens with zero attached hydrogens (tertiary/aromatic N) is 2. The lowest BCUT2D eigenvalue weighted by atomic mass is 10.1. The Morgan fingerprint density at radius 3 is 2.59 bits per heavy atom. The first kappa shape index (κ1) is 17.6. The van der Waals surface area contributed by atoms with Crippen LogP contribution in [0.4, 0.5) is 0 Å². The number of aryl methyl sites for hydroxylation is 1. The molecule has 1 aliphatic rings. The molecule has 3 aromatic rings. The van der Waals surface area contributed by atoms with Gasteiger partial charge >= 0.3 is 0 Å². The normalized spacial score (nSPS) is 15.9. The fourth-order valence-electron chi connectivity index (χ4n) is 3.66. The van der Waals surface area contributed by atoms with E-state index in [1.54, 1.807) is 6.07 Å². The number of phenols is 2. The summed E-state index contributed by atoms with van der Waals surface area (Å²) in [5, 5.41) is 20.1. The van der Waals surface area contributed by atoms with Gasteiger partial charge in [-0.1, -0.05) is 18.2 Å². The molecule has 2 aromatic carbocycles. The molecule has 27 heavy (non-hydrogen) atoms. The Kier molecular flexibility index (Phi) is 4.86. The second kappa shape index (κ2) is 7.45. The third-order valence-corrected chi connectivity index (χ3v) is 5.08. The highest BCUT2D eigenvalue weighted by atomic mass is 16.5. The quantitative estimate of drug-likeness (QED) is 0.685. The first-order valence-corrected chi connectivity index (χ1v) is 9.35. The van der Waals surface area contributed by atoms with Crippen LogP contribution in [0, 0.1) is 6.92 Å². The number of benzene rings is 2. The van der Waals surface area contributed by atoms with E-state index >= 15 is 0 Å². The molecule has 0 aliphatic carbocycles. The van der Waals surface area contributed by atoms with Gasteiger partial charge < -0.3 is 14.9 Å². The highest BCUT2D eigenvalue weighted by Crippen LogP contribution is 2.29. The highest BCUT2D eigenvalue weighted by Gasteiger charge is 2.21. The molecule has 1 saturated heterocycles. The third-order valence-electron chi connectivity index (χ3n) is 5.08. The number of likely N-dealkylation sites (tertiary alicyclic amines) is 1. The number of para-hydroxylation sites is 1. The van der Waals surface area contributed by atoms with Crippen molar-refractivity contribution in [3.8, 4) is 17.2 Å². The number of pyridine rings is 1. The summed E-state index contributed by atoms with van der Waals surface area (Å²) in [5.41, 5.74) is 2.94. The summed E-state index contributed by atoms with van der Waals surface area (Å²) < 4.78 is 6.34. The Hall–Kier alpha value is -2.79. The van der Waals surface area contributed by atoms with Crippen LogP contribution in [0.15, 0.2) is 48.5 Å². The maximum atomic E-state index is 9.65. The van der Waals surface area contributed by atoms with Gasteiger partial charge in [0.2, 0.25) is 0 Å². The Morgan fingerprint density at radius 2 is 1.81 bits per heavy atom. The minimum atomic E-state index is -0.0780. The molecule has 0 bridgehead atoms. The minimum absolute atomic E-state index is 0.0642. The van der Waals surface area contributed by atoms with Gasteiger partial charge in [-0.3, -0.25) is 9.88 Å². The fraction of sp³-hybridized carbons (Fsp3) is 0.318. The molecule has 140 valence electrons. The molecule has 0 saturated carbocycles. The van der Waals surface area contributed by atoms with Crippen molar-refractivity contribution >= 4 is 10.9 Å². The Labute approximate surface area is 158 Å². The van der Waals surface area contributed by atoms with Gasteiger partial charge in [-0.2, -0.15) is 0 Å². The van der Waals surface area contributed by atoms with Gasteiger partial charge in [-0.25, -0.2) is 0 Å². The molecule has 5 heteroatoms. The van der Waals surface area contributed by atoms with Crippen LogP contribution >= 0.6 is 0 Å². The van der Waals surface area contributed by atoms with Crippen LogP contribution in [0.25, 0.3) is 10.9 Å². The summed E-state index contributed by atoms with van der Waals surface area (Å²) in [6.07, 6.45) is 2.11. The van der Waals surface area contributed by atoms with Gasteiger partial charge in [0.05, 0.1) is 5.52 Å². The van der Waals surface area contributed by atoms with Crippen LogP contribution in [0.1, 0.15) is 24.1 Å². The standard InChI is InChI=1S/C22H24N2O3/c1-15-12-22(18-4-2-3-5-19(18)23-15)27-17-8-10-24(11-9-17)14-16-6-7-20(25)21(26)13-16/h2-7,12-13,17,25-26H,8-11,14H2,1H3. The molecule has 1 aromatic heterocycles. The summed E-state index contributed by atoms with van der Waals surface area (Å²) in [4.78, 5) is 6.92. The Bertz CT molecular complexity index is 949. The number of hydrogen-bond donors (Lipinski definition) is 2. The summed E-state index contributed by atoms with van der Waals surface area (Å²) in [6, 6.07) is 15.1. The van der Waals surface area contributed by atoms with Gasteiger partial charge in [0.15, 0.2) is 11.5 Å². The van der Waals surface area contributed by atoms with Crippen LogP contribution < -0.4 is 4.74 Å². The van der Waals surface area contributed by atoms with Crippen molar-refractivity contribution in [2.75, 3.05) is 13.1 Å². The van der Waals surface area contributed by atoms with Crippen molar-refractivity contribution in [2.24, 2.45) is 0 Å². The summed E-state index contributed by atoms with van der Waals surface area (Å²) in [7, 11) is 0. The van der Waals surface area contributed by atoms with E-state index in [1.165, 1.54) is 6.07 Å². The first-order chi connectivity index (χ1) is 13.1. The zero-order valence-electron chi connectivity index (χ0n) is 15.4. The molecule has 2 heterocycles. The van der Waals surface area contributed by atoms with Crippen molar-refractivity contribution < 1.29 is 14.9 Å². The van der Waals surface area contributed by atoms with Gasteiger partial charge in [0.1, 0.15) is 11.9 Å². The number of aromatic nitrogens is 1. The molecule has 1 fully saturated rings. The second-order valence-electron chi connectivity index (χ2n) is 7.20. The topological polar surface area (TPSA) is 65.8 Å². The Morgan fingerprint density at radius 1 is 1.04 bits per heavy atom. The number of fused-ring (bicyclic) bond motifs is 1. The predicted octanol–water partition coefficient (Wildman–Crippen LogP) is 4.00. The molecule has 0 spiro atoms. The number of phenolic OH excluding ortho intramolecular Hbond substituents is 2. The largest absolute Gasteiger partial charge is 0.504 e. The lowest BCUT2D eigenvalue weighted by molar-refractivity contribution is 0.0978. The molecular weight excluding hydrogens is 340 g/mol. The van der Waals surface area contributed by atoms with E-state index in [1.807, 2.05) is 37.3 Å². The zero-order chi connectivity index (χ0) is 18.8.